The maximum absolute atomic E-state index is 12.7. The van der Waals surface area contributed by atoms with E-state index >= 15 is 0 Å². The SMILES string of the molecule is CC(C)(C)OC(=O)N1CCC[C@H](NC(=O)N2C3CCC2CC(O)C3)C1. The lowest BCUT2D eigenvalue weighted by Gasteiger charge is -2.39. The number of aliphatic hydroxyl groups excluding tert-OH is 1. The highest BCUT2D eigenvalue weighted by Gasteiger charge is 2.43. The van der Waals surface area contributed by atoms with Crippen LogP contribution in [0.2, 0.25) is 0 Å². The van der Waals surface area contributed by atoms with Gasteiger partial charge in [0.15, 0.2) is 0 Å². The lowest BCUT2D eigenvalue weighted by atomic mass is 10.0. The van der Waals surface area contributed by atoms with E-state index in [1.807, 2.05) is 25.7 Å². The van der Waals surface area contributed by atoms with Gasteiger partial charge in [-0.1, -0.05) is 0 Å². The number of ether oxygens (including phenoxy) is 1. The average Bonchev–Trinajstić information content (AvgIpc) is 2.78. The second-order valence-corrected chi connectivity index (χ2v) is 8.63. The smallest absolute Gasteiger partial charge is 0.410 e. The van der Waals surface area contributed by atoms with Crippen LogP contribution in [-0.4, -0.2) is 70.0 Å². The Kier molecular flexibility index (Phi) is 5.14. The summed E-state index contributed by atoms with van der Waals surface area (Å²) >= 11 is 0. The summed E-state index contributed by atoms with van der Waals surface area (Å²) in [6.07, 6.45) is 4.45. The Bertz CT molecular complexity index is 505. The van der Waals surface area contributed by atoms with E-state index in [4.69, 9.17) is 4.74 Å². The maximum Gasteiger partial charge on any atom is 0.410 e. The van der Waals surface area contributed by atoms with Crippen LogP contribution in [0.5, 0.6) is 0 Å². The highest BCUT2D eigenvalue weighted by atomic mass is 16.6. The molecule has 142 valence electrons. The number of nitrogens with zero attached hydrogens (tertiary/aromatic N) is 2. The summed E-state index contributed by atoms with van der Waals surface area (Å²) in [5.74, 6) is 0. The third-order valence-corrected chi connectivity index (χ3v) is 5.34. The molecule has 0 aliphatic carbocycles. The standard InChI is InChI=1S/C18H31N3O4/c1-18(2,3)25-17(24)20-8-4-5-12(11-20)19-16(23)21-13-6-7-14(21)10-15(22)9-13/h12-15,22H,4-11H2,1-3H3,(H,19,23)/t12-,13?,14?,15?/m0/s1. The number of urea groups is 1. The first kappa shape index (κ1) is 18.3. The number of hydrogen-bond acceptors (Lipinski definition) is 4. The molecule has 3 fully saturated rings. The van der Waals surface area contributed by atoms with E-state index in [0.717, 1.165) is 25.7 Å². The topological polar surface area (TPSA) is 82.1 Å². The van der Waals surface area contributed by atoms with Gasteiger partial charge in [-0.3, -0.25) is 0 Å². The molecular formula is C18H31N3O4. The lowest BCUT2D eigenvalue weighted by Crippen LogP contribution is -2.57. The second kappa shape index (κ2) is 7.02. The number of aliphatic hydroxyl groups is 1. The molecule has 7 nitrogen and oxygen atoms in total. The van der Waals surface area contributed by atoms with Crippen molar-refractivity contribution in [2.24, 2.45) is 0 Å². The van der Waals surface area contributed by atoms with E-state index in [0.29, 0.717) is 25.9 Å². The van der Waals surface area contributed by atoms with Crippen molar-refractivity contribution in [1.82, 2.24) is 15.1 Å². The maximum atomic E-state index is 12.7. The van der Waals surface area contributed by atoms with Crippen molar-refractivity contribution in [1.29, 1.82) is 0 Å². The summed E-state index contributed by atoms with van der Waals surface area (Å²) in [6.45, 7) is 6.73. The predicted octanol–water partition coefficient (Wildman–Crippen LogP) is 2.08. The second-order valence-electron chi connectivity index (χ2n) is 8.63. The van der Waals surface area contributed by atoms with Crippen molar-refractivity contribution in [3.8, 4) is 0 Å². The number of piperidine rings is 2. The van der Waals surface area contributed by atoms with Gasteiger partial charge in [0.25, 0.3) is 0 Å². The van der Waals surface area contributed by atoms with Crippen LogP contribution in [0.25, 0.3) is 0 Å². The largest absolute Gasteiger partial charge is 0.444 e. The van der Waals surface area contributed by atoms with Gasteiger partial charge in [-0.2, -0.15) is 0 Å². The zero-order valence-corrected chi connectivity index (χ0v) is 15.5. The van der Waals surface area contributed by atoms with Gasteiger partial charge in [0.1, 0.15) is 5.60 Å². The third-order valence-electron chi connectivity index (χ3n) is 5.34. The van der Waals surface area contributed by atoms with E-state index in [1.165, 1.54) is 0 Å². The van der Waals surface area contributed by atoms with Gasteiger partial charge in [0.2, 0.25) is 0 Å². The first-order valence-electron chi connectivity index (χ1n) is 9.48. The molecule has 0 aromatic rings. The molecule has 7 heteroatoms. The number of nitrogens with one attached hydrogen (secondary N) is 1. The number of carbonyl (C=O) groups excluding carboxylic acids is 2. The average molecular weight is 353 g/mol. The Morgan fingerprint density at radius 2 is 1.76 bits per heavy atom. The molecule has 0 aromatic carbocycles. The summed E-state index contributed by atoms with van der Waals surface area (Å²) < 4.78 is 5.44. The number of hydrogen-bond donors (Lipinski definition) is 2. The molecule has 3 aliphatic heterocycles. The van der Waals surface area contributed by atoms with Crippen LogP contribution in [-0.2, 0) is 4.74 Å². The first-order chi connectivity index (χ1) is 11.7. The van der Waals surface area contributed by atoms with Crippen LogP contribution >= 0.6 is 0 Å². The number of rotatable bonds is 1. The fourth-order valence-electron chi connectivity index (χ4n) is 4.32. The van der Waals surface area contributed by atoms with Gasteiger partial charge < -0.3 is 25.0 Å². The molecule has 0 saturated carbocycles. The van der Waals surface area contributed by atoms with Crippen LogP contribution < -0.4 is 5.32 Å². The summed E-state index contributed by atoms with van der Waals surface area (Å²) in [5, 5.41) is 13.0. The minimum atomic E-state index is -0.513. The Labute approximate surface area is 149 Å². The molecule has 0 radical (unpaired) electrons. The lowest BCUT2D eigenvalue weighted by molar-refractivity contribution is 0.0179. The Morgan fingerprint density at radius 3 is 2.36 bits per heavy atom. The zero-order chi connectivity index (χ0) is 18.2. The van der Waals surface area contributed by atoms with Crippen molar-refractivity contribution in [2.75, 3.05) is 13.1 Å². The molecule has 0 aromatic heterocycles. The Morgan fingerprint density at radius 1 is 1.12 bits per heavy atom. The molecule has 3 heterocycles. The molecule has 2 unspecified atom stereocenters. The van der Waals surface area contributed by atoms with Crippen molar-refractivity contribution >= 4 is 12.1 Å². The van der Waals surface area contributed by atoms with Crippen molar-refractivity contribution in [2.45, 2.75) is 89.1 Å². The molecule has 3 saturated heterocycles. The van der Waals surface area contributed by atoms with Crippen molar-refractivity contribution in [3.05, 3.63) is 0 Å². The van der Waals surface area contributed by atoms with E-state index in [2.05, 4.69) is 5.32 Å². The monoisotopic (exact) mass is 353 g/mol. The summed E-state index contributed by atoms with van der Waals surface area (Å²) in [7, 11) is 0. The molecule has 3 amide bonds. The number of amides is 3. The highest BCUT2D eigenvalue weighted by Crippen LogP contribution is 2.35. The highest BCUT2D eigenvalue weighted by molar-refractivity contribution is 5.76. The molecule has 25 heavy (non-hydrogen) atoms. The van der Waals surface area contributed by atoms with Gasteiger partial charge in [-0.25, -0.2) is 9.59 Å². The number of carbonyl (C=O) groups is 2. The van der Waals surface area contributed by atoms with Gasteiger partial charge in [-0.15, -0.1) is 0 Å². The third kappa shape index (κ3) is 4.37. The van der Waals surface area contributed by atoms with Crippen molar-refractivity contribution < 1.29 is 19.4 Å². The number of fused-ring (bicyclic) bond motifs is 2. The molecule has 3 rings (SSSR count). The van der Waals surface area contributed by atoms with Crippen LogP contribution in [0.15, 0.2) is 0 Å². The van der Waals surface area contributed by atoms with Crippen LogP contribution in [0.4, 0.5) is 9.59 Å². The first-order valence-corrected chi connectivity index (χ1v) is 9.48. The molecule has 2 bridgehead atoms. The quantitative estimate of drug-likeness (QED) is 0.756. The normalized spacial score (nSPS) is 32.5. The fraction of sp³-hybridized carbons (Fsp3) is 0.889. The van der Waals surface area contributed by atoms with E-state index in [-0.39, 0.29) is 36.4 Å². The minimum Gasteiger partial charge on any atom is -0.444 e. The zero-order valence-electron chi connectivity index (χ0n) is 15.5. The molecule has 2 N–H and O–H groups in total. The minimum absolute atomic E-state index is 0.0416. The summed E-state index contributed by atoms with van der Waals surface area (Å²) in [6, 6.07) is 0.217. The van der Waals surface area contributed by atoms with Crippen molar-refractivity contribution in [3.63, 3.8) is 0 Å². The molecule has 0 spiro atoms. The predicted molar refractivity (Wildman–Crippen MR) is 93.3 cm³/mol. The Hall–Kier alpha value is -1.50. The van der Waals surface area contributed by atoms with Crippen LogP contribution in [0, 0.1) is 0 Å². The Balaban J connectivity index is 1.54. The fourth-order valence-corrected chi connectivity index (χ4v) is 4.32. The van der Waals surface area contributed by atoms with Gasteiger partial charge in [-0.05, 0) is 59.3 Å². The number of likely N-dealkylation sites (tertiary alicyclic amines) is 1. The summed E-state index contributed by atoms with van der Waals surface area (Å²) in [5.41, 5.74) is -0.513. The van der Waals surface area contributed by atoms with E-state index in [9.17, 15) is 14.7 Å². The molecular weight excluding hydrogens is 322 g/mol. The summed E-state index contributed by atoms with van der Waals surface area (Å²) in [4.78, 5) is 28.6. The van der Waals surface area contributed by atoms with Gasteiger partial charge in [0, 0.05) is 31.2 Å². The molecule has 3 aliphatic rings. The van der Waals surface area contributed by atoms with E-state index < -0.39 is 5.60 Å². The van der Waals surface area contributed by atoms with Gasteiger partial charge >= 0.3 is 12.1 Å². The van der Waals surface area contributed by atoms with E-state index in [1.54, 1.807) is 4.90 Å². The molecule has 3 atom stereocenters. The van der Waals surface area contributed by atoms with Crippen LogP contribution in [0.3, 0.4) is 0 Å². The van der Waals surface area contributed by atoms with Crippen LogP contribution in [0.1, 0.15) is 59.3 Å². The van der Waals surface area contributed by atoms with Gasteiger partial charge in [0.05, 0.1) is 6.10 Å².